The van der Waals surface area contributed by atoms with E-state index in [0.29, 0.717) is 0 Å². The van der Waals surface area contributed by atoms with Crippen molar-refractivity contribution in [2.24, 2.45) is 0 Å². The van der Waals surface area contributed by atoms with Gasteiger partial charge in [-0.2, -0.15) is 0 Å². The lowest BCUT2D eigenvalue weighted by atomic mass is 9.96. The number of allylic oxidation sites excluding steroid dienone is 2. The lowest BCUT2D eigenvalue weighted by Gasteiger charge is -2.43. The van der Waals surface area contributed by atoms with Gasteiger partial charge in [0.15, 0.2) is 12.6 Å². The number of carbonyl (C=O) groups excluding carboxylic acids is 2. The van der Waals surface area contributed by atoms with Crippen molar-refractivity contribution in [3.8, 4) is 0 Å². The highest BCUT2D eigenvalue weighted by molar-refractivity contribution is 5.88. The van der Waals surface area contributed by atoms with Gasteiger partial charge in [0.05, 0.1) is 11.2 Å². The van der Waals surface area contributed by atoms with E-state index in [0.717, 1.165) is 0 Å². The Morgan fingerprint density at radius 3 is 1.33 bits per heavy atom. The maximum atomic E-state index is 12.7. The van der Waals surface area contributed by atoms with E-state index in [1.54, 1.807) is 26.0 Å². The van der Waals surface area contributed by atoms with Crippen LogP contribution in [-0.2, 0) is 38.0 Å². The molecule has 2 saturated heterocycles. The molecule has 0 aromatic rings. The summed E-state index contributed by atoms with van der Waals surface area (Å²) in [6.07, 6.45) is -7.94. The van der Waals surface area contributed by atoms with Crippen molar-refractivity contribution < 1.29 is 68.6 Å². The first kappa shape index (κ1) is 38.0. The van der Waals surface area contributed by atoms with Crippen molar-refractivity contribution in [2.75, 3.05) is 13.2 Å². The highest BCUT2D eigenvalue weighted by Crippen LogP contribution is 2.31. The third-order valence-electron chi connectivity index (χ3n) is 8.56. The van der Waals surface area contributed by atoms with Gasteiger partial charge in [-0.05, 0) is 53.4 Å². The molecule has 0 amide bonds. The molecule has 0 aromatic carbocycles. The summed E-state index contributed by atoms with van der Waals surface area (Å²) in [7, 11) is 0. The SMILES string of the molecule is C=CC1(C)CC/C=C(\C)C(=O)OC[C@H]2O[C@@H](OC(C)(C=C)CC/C=C(\C)C(=O)OC[C@H]3O[C@@H](O1)[C@H](O)[C@H](O)[C@@H]3O)[C@H](O)[C@H](O)[C@@H]2O. The fraction of sp³-hybridized carbons (Fsp3) is 0.688. The smallest absolute Gasteiger partial charge is 0.333 e. The number of fused-ring (bicyclic) bond motifs is 4. The van der Waals surface area contributed by atoms with E-state index < -0.39 is 97.8 Å². The Bertz CT molecular complexity index is 1070. The van der Waals surface area contributed by atoms with Crippen molar-refractivity contribution in [3.63, 3.8) is 0 Å². The second-order valence-corrected chi connectivity index (χ2v) is 12.3. The van der Waals surface area contributed by atoms with Crippen LogP contribution >= 0.6 is 0 Å². The zero-order valence-electron chi connectivity index (χ0n) is 26.7. The summed E-state index contributed by atoms with van der Waals surface area (Å²) in [6, 6.07) is 0. The first-order valence-electron chi connectivity index (χ1n) is 15.2. The van der Waals surface area contributed by atoms with E-state index in [1.807, 2.05) is 0 Å². The predicted octanol–water partition coefficient (Wildman–Crippen LogP) is 0.0772. The molecule has 12 atom stereocenters. The number of carbonyl (C=O) groups is 2. The Kier molecular flexibility index (Phi) is 13.3. The minimum absolute atomic E-state index is 0.219. The number of ether oxygens (including phenoxy) is 6. The van der Waals surface area contributed by atoms with Gasteiger partial charge in [-0.1, -0.05) is 24.3 Å². The second kappa shape index (κ2) is 16.1. The molecule has 0 aromatic heterocycles. The van der Waals surface area contributed by atoms with Crippen molar-refractivity contribution in [1.29, 1.82) is 0 Å². The van der Waals surface area contributed by atoms with Crippen LogP contribution in [0.2, 0.25) is 0 Å². The number of hydrogen-bond acceptors (Lipinski definition) is 14. The minimum Gasteiger partial charge on any atom is -0.459 e. The largest absolute Gasteiger partial charge is 0.459 e. The van der Waals surface area contributed by atoms with E-state index in [-0.39, 0.29) is 36.8 Å². The molecule has 3 aliphatic heterocycles. The van der Waals surface area contributed by atoms with Crippen LogP contribution in [0.4, 0.5) is 0 Å². The number of hydrogen-bond donors (Lipinski definition) is 6. The Morgan fingerprint density at radius 2 is 1.00 bits per heavy atom. The van der Waals surface area contributed by atoms with E-state index >= 15 is 0 Å². The molecule has 3 heterocycles. The molecular formula is C32H48O14. The van der Waals surface area contributed by atoms with E-state index in [4.69, 9.17) is 28.4 Å². The molecule has 0 saturated carbocycles. The molecule has 0 aliphatic carbocycles. The summed E-state index contributed by atoms with van der Waals surface area (Å²) >= 11 is 0. The van der Waals surface area contributed by atoms with Gasteiger partial charge >= 0.3 is 11.9 Å². The maximum absolute atomic E-state index is 12.7. The van der Waals surface area contributed by atoms with Gasteiger partial charge < -0.3 is 59.1 Å². The lowest BCUT2D eigenvalue weighted by molar-refractivity contribution is -0.320. The Balaban J connectivity index is 1.87. The molecular weight excluding hydrogens is 608 g/mol. The molecule has 2 fully saturated rings. The summed E-state index contributed by atoms with van der Waals surface area (Å²) in [5.74, 6) is -1.44. The first-order chi connectivity index (χ1) is 21.5. The van der Waals surface area contributed by atoms with Gasteiger partial charge in [0, 0.05) is 11.1 Å². The zero-order valence-corrected chi connectivity index (χ0v) is 26.7. The molecule has 14 heteroatoms. The Morgan fingerprint density at radius 1 is 0.652 bits per heavy atom. The van der Waals surface area contributed by atoms with Crippen LogP contribution in [-0.4, -0.2) is 128 Å². The maximum Gasteiger partial charge on any atom is 0.333 e. The third kappa shape index (κ3) is 9.31. The number of aliphatic hydroxyl groups is 6. The van der Waals surface area contributed by atoms with Crippen molar-refractivity contribution in [2.45, 2.75) is 126 Å². The summed E-state index contributed by atoms with van der Waals surface area (Å²) < 4.78 is 34.1. The number of esters is 2. The van der Waals surface area contributed by atoms with Gasteiger partial charge in [0.1, 0.15) is 62.0 Å². The zero-order chi connectivity index (χ0) is 34.4. The number of aliphatic hydroxyl groups excluding tert-OH is 6. The molecule has 6 N–H and O–H groups in total. The molecule has 0 spiro atoms. The minimum atomic E-state index is -1.66. The molecule has 3 aliphatic rings. The highest BCUT2D eigenvalue weighted by atomic mass is 16.7. The van der Waals surface area contributed by atoms with Crippen molar-refractivity contribution >= 4 is 11.9 Å². The summed E-state index contributed by atoms with van der Waals surface area (Å²) in [6.45, 7) is 13.0. The molecule has 260 valence electrons. The predicted molar refractivity (Wildman–Crippen MR) is 161 cm³/mol. The standard InChI is InChI=1S/C32H48O14/c1-7-31(5)13-9-11-17(3)27(39)42-16-20-22(34)24(36)26(38)30(44-20)46-32(6,8-2)14-10-12-18(4)28(40)41-15-19-21(33)23(35)25(37)29(43-19)45-31/h7-8,11-12,19-26,29-30,33-38H,1-2,9-10,13-16H2,3-6H3/b17-11+,18-12+/t19-,20-,21-,22-,23-,24-,25-,26-,29+,30+,31?,32?/m1/s1. The van der Waals surface area contributed by atoms with Crippen LogP contribution in [0.3, 0.4) is 0 Å². The van der Waals surface area contributed by atoms with E-state index in [2.05, 4.69) is 13.2 Å². The summed E-state index contributed by atoms with van der Waals surface area (Å²) in [5.41, 5.74) is -1.82. The van der Waals surface area contributed by atoms with Crippen LogP contribution in [0.25, 0.3) is 0 Å². The van der Waals surface area contributed by atoms with E-state index in [1.165, 1.54) is 26.0 Å². The summed E-state index contributed by atoms with van der Waals surface area (Å²) in [4.78, 5) is 25.5. The van der Waals surface area contributed by atoms with Crippen LogP contribution in [0.15, 0.2) is 48.6 Å². The molecule has 46 heavy (non-hydrogen) atoms. The monoisotopic (exact) mass is 656 g/mol. The molecule has 4 bridgehead atoms. The Hall–Kier alpha value is -2.50. The molecule has 3 rings (SSSR count). The number of rotatable bonds is 2. The number of cyclic esters (lactones) is 2. The van der Waals surface area contributed by atoms with Crippen molar-refractivity contribution in [1.82, 2.24) is 0 Å². The first-order valence-corrected chi connectivity index (χ1v) is 15.2. The van der Waals surface area contributed by atoms with Crippen LogP contribution < -0.4 is 0 Å². The topological polar surface area (TPSA) is 211 Å². The van der Waals surface area contributed by atoms with Gasteiger partial charge in [-0.3, -0.25) is 0 Å². The van der Waals surface area contributed by atoms with Gasteiger partial charge in [0.2, 0.25) is 0 Å². The van der Waals surface area contributed by atoms with Crippen LogP contribution in [0.5, 0.6) is 0 Å². The second-order valence-electron chi connectivity index (χ2n) is 12.3. The lowest BCUT2D eigenvalue weighted by Crippen LogP contribution is -2.60. The summed E-state index contributed by atoms with van der Waals surface area (Å²) in [5, 5.41) is 63.2. The third-order valence-corrected chi connectivity index (χ3v) is 8.56. The molecule has 14 nitrogen and oxygen atoms in total. The molecule has 2 unspecified atom stereocenters. The average Bonchev–Trinajstić information content (AvgIpc) is 3.03. The quantitative estimate of drug-likeness (QED) is 0.172. The Labute approximate surface area is 268 Å². The fourth-order valence-corrected chi connectivity index (χ4v) is 5.11. The molecule has 0 radical (unpaired) electrons. The van der Waals surface area contributed by atoms with Gasteiger partial charge in [-0.25, -0.2) is 9.59 Å². The van der Waals surface area contributed by atoms with Crippen LogP contribution in [0, 0.1) is 0 Å². The highest BCUT2D eigenvalue weighted by Gasteiger charge is 2.48. The van der Waals surface area contributed by atoms with Gasteiger partial charge in [-0.15, -0.1) is 13.2 Å². The van der Waals surface area contributed by atoms with Crippen LogP contribution in [0.1, 0.15) is 53.4 Å². The van der Waals surface area contributed by atoms with Gasteiger partial charge in [0.25, 0.3) is 0 Å². The van der Waals surface area contributed by atoms with Crippen molar-refractivity contribution in [3.05, 3.63) is 48.6 Å². The fourth-order valence-electron chi connectivity index (χ4n) is 5.11. The normalized spacial score (nSPS) is 45.0. The van der Waals surface area contributed by atoms with E-state index in [9.17, 15) is 40.2 Å². The average molecular weight is 657 g/mol.